The summed E-state index contributed by atoms with van der Waals surface area (Å²) in [6, 6.07) is 16.4. The lowest BCUT2D eigenvalue weighted by molar-refractivity contribution is 0.0759. The predicted octanol–water partition coefficient (Wildman–Crippen LogP) is 5.76. The first kappa shape index (κ1) is 25.2. The molecule has 2 aromatic carbocycles. The second-order valence-electron chi connectivity index (χ2n) is 9.48. The number of aromatic nitrogens is 3. The average Bonchev–Trinajstić information content (AvgIpc) is 2.85. The van der Waals surface area contributed by atoms with Gasteiger partial charge in [-0.05, 0) is 50.6 Å². The fraction of sp³-hybridized carbons (Fsp3) is 0.259. The molecule has 4 aromatic rings. The molecule has 0 aliphatic heterocycles. The van der Waals surface area contributed by atoms with Crippen molar-refractivity contribution < 1.29 is 9.53 Å². The number of benzene rings is 2. The van der Waals surface area contributed by atoms with Crippen molar-refractivity contribution in [3.63, 3.8) is 0 Å². The number of ether oxygens (including phenoxy) is 1. The zero-order valence-corrected chi connectivity index (χ0v) is 21.6. The van der Waals surface area contributed by atoms with Crippen LogP contribution in [-0.4, -0.2) is 38.1 Å². The molecule has 2 heterocycles. The number of nitrogens with zero attached hydrogens (tertiary/aromatic N) is 4. The highest BCUT2D eigenvalue weighted by molar-refractivity contribution is 6.33. The lowest BCUT2D eigenvalue weighted by atomic mass is 10.1. The van der Waals surface area contributed by atoms with Gasteiger partial charge in [0.2, 0.25) is 5.95 Å². The highest BCUT2D eigenvalue weighted by Gasteiger charge is 2.23. The van der Waals surface area contributed by atoms with E-state index in [2.05, 4.69) is 15.3 Å². The molecule has 4 rings (SSSR count). The van der Waals surface area contributed by atoms with Crippen molar-refractivity contribution in [1.29, 1.82) is 0 Å². The SMILES string of the molecule is CN(C(=O)OCc1cccc(Nc2ncc3cc(-c4ccccc4Cl)c(=O)n(C)c3n2)c1)C(C)(C)C. The number of aryl methyl sites for hydroxylation is 1. The van der Waals surface area contributed by atoms with E-state index in [-0.39, 0.29) is 17.7 Å². The molecule has 0 bridgehead atoms. The molecule has 0 spiro atoms. The normalized spacial score (nSPS) is 11.4. The van der Waals surface area contributed by atoms with Crippen LogP contribution in [-0.2, 0) is 18.4 Å². The Hall–Kier alpha value is -3.91. The Morgan fingerprint density at radius 1 is 1.11 bits per heavy atom. The number of rotatable bonds is 5. The van der Waals surface area contributed by atoms with E-state index < -0.39 is 6.09 Å². The van der Waals surface area contributed by atoms with Crippen molar-refractivity contribution in [2.45, 2.75) is 32.9 Å². The molecule has 0 saturated carbocycles. The molecule has 9 heteroatoms. The van der Waals surface area contributed by atoms with Gasteiger partial charge in [0.15, 0.2) is 0 Å². The summed E-state index contributed by atoms with van der Waals surface area (Å²) < 4.78 is 6.93. The second kappa shape index (κ2) is 9.99. The van der Waals surface area contributed by atoms with Crippen LogP contribution in [0.2, 0.25) is 5.02 Å². The Bertz CT molecular complexity index is 1490. The van der Waals surface area contributed by atoms with E-state index in [1.807, 2.05) is 63.2 Å². The van der Waals surface area contributed by atoms with Crippen LogP contribution in [0.3, 0.4) is 0 Å². The van der Waals surface area contributed by atoms with Gasteiger partial charge in [-0.15, -0.1) is 0 Å². The first-order valence-electron chi connectivity index (χ1n) is 11.4. The lowest BCUT2D eigenvalue weighted by Crippen LogP contribution is -2.42. The van der Waals surface area contributed by atoms with Gasteiger partial charge in [0, 0.05) is 53.1 Å². The van der Waals surface area contributed by atoms with Gasteiger partial charge in [-0.25, -0.2) is 9.78 Å². The summed E-state index contributed by atoms with van der Waals surface area (Å²) in [5.74, 6) is 0.338. The molecular weight excluding hydrogens is 478 g/mol. The summed E-state index contributed by atoms with van der Waals surface area (Å²) in [6.07, 6.45) is 1.27. The Kier molecular flexibility index (Phi) is 6.99. The van der Waals surface area contributed by atoms with Gasteiger partial charge in [-0.3, -0.25) is 9.36 Å². The minimum atomic E-state index is -0.393. The highest BCUT2D eigenvalue weighted by Crippen LogP contribution is 2.27. The van der Waals surface area contributed by atoms with Gasteiger partial charge in [-0.1, -0.05) is 41.9 Å². The van der Waals surface area contributed by atoms with Crippen molar-refractivity contribution in [2.24, 2.45) is 7.05 Å². The number of hydrogen-bond acceptors (Lipinski definition) is 6. The summed E-state index contributed by atoms with van der Waals surface area (Å²) in [7, 11) is 3.38. The number of amides is 1. The van der Waals surface area contributed by atoms with Crippen molar-refractivity contribution in [1.82, 2.24) is 19.4 Å². The van der Waals surface area contributed by atoms with Crippen molar-refractivity contribution >= 4 is 40.4 Å². The molecule has 0 fully saturated rings. The van der Waals surface area contributed by atoms with Crippen molar-refractivity contribution in [2.75, 3.05) is 12.4 Å². The molecule has 1 amide bonds. The van der Waals surface area contributed by atoms with E-state index in [1.165, 1.54) is 4.57 Å². The van der Waals surface area contributed by atoms with Gasteiger partial charge in [0.1, 0.15) is 12.3 Å². The monoisotopic (exact) mass is 505 g/mol. The minimum absolute atomic E-state index is 0.132. The number of anilines is 2. The third kappa shape index (κ3) is 5.33. The third-order valence-corrected chi connectivity index (χ3v) is 6.27. The third-order valence-electron chi connectivity index (χ3n) is 5.94. The Labute approximate surface area is 214 Å². The Morgan fingerprint density at radius 2 is 1.86 bits per heavy atom. The molecule has 8 nitrogen and oxygen atoms in total. The summed E-state index contributed by atoms with van der Waals surface area (Å²) >= 11 is 6.32. The van der Waals surface area contributed by atoms with E-state index in [0.717, 1.165) is 11.3 Å². The zero-order valence-electron chi connectivity index (χ0n) is 20.9. The van der Waals surface area contributed by atoms with Crippen LogP contribution in [0.4, 0.5) is 16.4 Å². The van der Waals surface area contributed by atoms with E-state index in [0.29, 0.717) is 33.1 Å². The van der Waals surface area contributed by atoms with E-state index in [4.69, 9.17) is 16.3 Å². The number of nitrogens with one attached hydrogen (secondary N) is 1. The molecule has 0 unspecified atom stereocenters. The fourth-order valence-corrected chi connectivity index (χ4v) is 3.80. The second-order valence-corrected chi connectivity index (χ2v) is 9.89. The molecule has 2 aromatic heterocycles. The van der Waals surface area contributed by atoms with E-state index >= 15 is 0 Å². The standard InChI is InChI=1S/C27H28ClN5O3/c1-27(2,3)33(5)26(35)36-16-17-9-8-10-19(13-17)30-25-29-15-18-14-21(20-11-6-7-12-22(20)28)24(34)32(4)23(18)31-25/h6-15H,16H2,1-5H3,(H,29,30,31). The maximum absolute atomic E-state index is 13.1. The number of halogens is 1. The Morgan fingerprint density at radius 3 is 2.58 bits per heavy atom. The highest BCUT2D eigenvalue weighted by atomic mass is 35.5. The molecule has 0 radical (unpaired) electrons. The molecule has 0 aliphatic carbocycles. The molecule has 1 N–H and O–H groups in total. The molecular formula is C27H28ClN5O3. The summed E-state index contributed by atoms with van der Waals surface area (Å²) in [6.45, 7) is 5.95. The van der Waals surface area contributed by atoms with Crippen LogP contribution in [0.15, 0.2) is 65.6 Å². The molecule has 0 aliphatic rings. The Balaban J connectivity index is 1.55. The largest absolute Gasteiger partial charge is 0.445 e. The zero-order chi connectivity index (χ0) is 26.0. The van der Waals surface area contributed by atoms with Crippen molar-refractivity contribution in [3.05, 3.63) is 81.7 Å². The molecule has 0 saturated heterocycles. The first-order valence-corrected chi connectivity index (χ1v) is 11.8. The lowest BCUT2D eigenvalue weighted by Gasteiger charge is -2.30. The van der Waals surface area contributed by atoms with Crippen LogP contribution in [0, 0.1) is 0 Å². The van der Waals surface area contributed by atoms with E-state index in [1.54, 1.807) is 37.3 Å². The average molecular weight is 506 g/mol. The molecule has 0 atom stereocenters. The quantitative estimate of drug-likeness (QED) is 0.371. The summed E-state index contributed by atoms with van der Waals surface area (Å²) in [5.41, 5.74) is 2.64. The number of hydrogen-bond donors (Lipinski definition) is 1. The maximum atomic E-state index is 13.1. The van der Waals surface area contributed by atoms with Crippen LogP contribution in [0.25, 0.3) is 22.2 Å². The fourth-order valence-electron chi connectivity index (χ4n) is 3.56. The molecule has 186 valence electrons. The number of carbonyl (C=O) groups excluding carboxylic acids is 1. The minimum Gasteiger partial charge on any atom is -0.445 e. The van der Waals surface area contributed by atoms with Gasteiger partial charge in [0.25, 0.3) is 5.56 Å². The number of fused-ring (bicyclic) bond motifs is 1. The number of pyridine rings is 1. The topological polar surface area (TPSA) is 89.4 Å². The first-order chi connectivity index (χ1) is 17.0. The molecule has 36 heavy (non-hydrogen) atoms. The van der Waals surface area contributed by atoms with Gasteiger partial charge >= 0.3 is 6.09 Å². The van der Waals surface area contributed by atoms with Gasteiger partial charge in [-0.2, -0.15) is 4.98 Å². The van der Waals surface area contributed by atoms with Crippen LogP contribution >= 0.6 is 11.6 Å². The van der Waals surface area contributed by atoms with E-state index in [9.17, 15) is 9.59 Å². The van der Waals surface area contributed by atoms with Gasteiger partial charge in [0.05, 0.1) is 0 Å². The van der Waals surface area contributed by atoms with Crippen molar-refractivity contribution in [3.8, 4) is 11.1 Å². The van der Waals surface area contributed by atoms with Crippen LogP contribution in [0.1, 0.15) is 26.3 Å². The van der Waals surface area contributed by atoms with Gasteiger partial charge < -0.3 is 15.0 Å². The smallest absolute Gasteiger partial charge is 0.410 e. The number of carbonyl (C=O) groups is 1. The van der Waals surface area contributed by atoms with Crippen LogP contribution in [0.5, 0.6) is 0 Å². The predicted molar refractivity (Wildman–Crippen MR) is 143 cm³/mol. The summed E-state index contributed by atoms with van der Waals surface area (Å²) in [4.78, 5) is 35.9. The van der Waals surface area contributed by atoms with Crippen LogP contribution < -0.4 is 10.9 Å². The summed E-state index contributed by atoms with van der Waals surface area (Å²) in [5, 5.41) is 4.38. The maximum Gasteiger partial charge on any atom is 0.410 e.